The molecular formula is C15H24N4O. The molecule has 1 atom stereocenters. The van der Waals surface area contributed by atoms with Gasteiger partial charge in [0, 0.05) is 19.6 Å². The number of carbonyl (C=O) groups excluding carboxylic acids is 1. The van der Waals surface area contributed by atoms with Crippen LogP contribution in [0.1, 0.15) is 44.1 Å². The number of nitrogens with zero attached hydrogens (tertiary/aromatic N) is 3. The van der Waals surface area contributed by atoms with E-state index in [9.17, 15) is 4.79 Å². The van der Waals surface area contributed by atoms with Crippen LogP contribution in [-0.4, -0.2) is 35.5 Å². The predicted molar refractivity (Wildman–Crippen MR) is 79.8 cm³/mol. The molecule has 5 heteroatoms. The van der Waals surface area contributed by atoms with Gasteiger partial charge in [0.05, 0.1) is 12.4 Å². The van der Waals surface area contributed by atoms with Gasteiger partial charge in [0.1, 0.15) is 11.5 Å². The third-order valence-corrected chi connectivity index (χ3v) is 3.52. The van der Waals surface area contributed by atoms with Crippen molar-refractivity contribution in [3.05, 3.63) is 18.1 Å². The standard InChI is InChI=1S/C15H24N4O/c1-11(2)7-18-15(20)13-8-17-14(9-16-13)19-6-4-5-12(3)10-19/h8-9,11-12H,4-7,10H2,1-3H3,(H,18,20). The van der Waals surface area contributed by atoms with E-state index in [1.54, 1.807) is 12.4 Å². The molecule has 1 amide bonds. The molecule has 2 rings (SSSR count). The van der Waals surface area contributed by atoms with E-state index >= 15 is 0 Å². The summed E-state index contributed by atoms with van der Waals surface area (Å²) in [6.45, 7) is 9.09. The van der Waals surface area contributed by atoms with Crippen LogP contribution in [0, 0.1) is 11.8 Å². The van der Waals surface area contributed by atoms with Crippen molar-refractivity contribution in [1.29, 1.82) is 0 Å². The summed E-state index contributed by atoms with van der Waals surface area (Å²) in [6.07, 6.45) is 5.76. The molecule has 20 heavy (non-hydrogen) atoms. The van der Waals surface area contributed by atoms with Gasteiger partial charge in [-0.15, -0.1) is 0 Å². The molecule has 0 radical (unpaired) electrons. The van der Waals surface area contributed by atoms with Gasteiger partial charge in [-0.3, -0.25) is 4.79 Å². The first kappa shape index (κ1) is 14.8. The SMILES string of the molecule is CC(C)CNC(=O)c1cnc(N2CCCC(C)C2)cn1. The Morgan fingerprint density at radius 1 is 1.45 bits per heavy atom. The highest BCUT2D eigenvalue weighted by Crippen LogP contribution is 2.20. The number of hydrogen-bond donors (Lipinski definition) is 1. The highest BCUT2D eigenvalue weighted by molar-refractivity contribution is 5.91. The zero-order chi connectivity index (χ0) is 14.5. The lowest BCUT2D eigenvalue weighted by atomic mass is 10.0. The normalized spacial score (nSPS) is 19.2. The van der Waals surface area contributed by atoms with Gasteiger partial charge in [0.2, 0.25) is 0 Å². The minimum atomic E-state index is -0.148. The fraction of sp³-hybridized carbons (Fsp3) is 0.667. The zero-order valence-electron chi connectivity index (χ0n) is 12.6. The maximum atomic E-state index is 11.9. The van der Waals surface area contributed by atoms with Crippen molar-refractivity contribution >= 4 is 11.7 Å². The smallest absolute Gasteiger partial charge is 0.271 e. The Labute approximate surface area is 120 Å². The summed E-state index contributed by atoms with van der Waals surface area (Å²) in [4.78, 5) is 22.7. The minimum absolute atomic E-state index is 0.148. The van der Waals surface area contributed by atoms with Crippen molar-refractivity contribution in [2.45, 2.75) is 33.6 Å². The van der Waals surface area contributed by atoms with Gasteiger partial charge in [-0.2, -0.15) is 0 Å². The van der Waals surface area contributed by atoms with Crippen LogP contribution < -0.4 is 10.2 Å². The highest BCUT2D eigenvalue weighted by Gasteiger charge is 2.18. The summed E-state index contributed by atoms with van der Waals surface area (Å²) in [5, 5.41) is 2.85. The minimum Gasteiger partial charge on any atom is -0.355 e. The number of hydrogen-bond acceptors (Lipinski definition) is 4. The van der Waals surface area contributed by atoms with Gasteiger partial charge in [0.25, 0.3) is 5.91 Å². The van der Waals surface area contributed by atoms with Crippen molar-refractivity contribution in [3.63, 3.8) is 0 Å². The van der Waals surface area contributed by atoms with E-state index in [-0.39, 0.29) is 5.91 Å². The van der Waals surface area contributed by atoms with Crippen molar-refractivity contribution in [2.75, 3.05) is 24.5 Å². The molecule has 1 unspecified atom stereocenters. The molecular weight excluding hydrogens is 252 g/mol. The van der Waals surface area contributed by atoms with E-state index in [1.165, 1.54) is 12.8 Å². The van der Waals surface area contributed by atoms with Gasteiger partial charge in [-0.05, 0) is 24.7 Å². The number of rotatable bonds is 4. The predicted octanol–water partition coefficient (Wildman–Crippen LogP) is 2.10. The van der Waals surface area contributed by atoms with Crippen molar-refractivity contribution in [2.24, 2.45) is 11.8 Å². The third-order valence-electron chi connectivity index (χ3n) is 3.52. The molecule has 2 heterocycles. The second-order valence-corrected chi connectivity index (χ2v) is 6.06. The number of piperidine rings is 1. The largest absolute Gasteiger partial charge is 0.355 e. The van der Waals surface area contributed by atoms with Crippen molar-refractivity contribution < 1.29 is 4.79 Å². The van der Waals surface area contributed by atoms with Crippen LogP contribution in [0.5, 0.6) is 0 Å². The van der Waals surface area contributed by atoms with Crippen LogP contribution >= 0.6 is 0 Å². The number of amides is 1. The van der Waals surface area contributed by atoms with Crippen LogP contribution in [0.2, 0.25) is 0 Å². The summed E-state index contributed by atoms with van der Waals surface area (Å²) in [5.41, 5.74) is 0.388. The van der Waals surface area contributed by atoms with Crippen LogP contribution in [0.25, 0.3) is 0 Å². The molecule has 0 aromatic carbocycles. The number of aromatic nitrogens is 2. The van der Waals surface area contributed by atoms with E-state index in [1.807, 2.05) is 0 Å². The summed E-state index contributed by atoms with van der Waals surface area (Å²) in [7, 11) is 0. The van der Waals surface area contributed by atoms with Gasteiger partial charge < -0.3 is 10.2 Å². The number of nitrogens with one attached hydrogen (secondary N) is 1. The van der Waals surface area contributed by atoms with Crippen LogP contribution in [0.3, 0.4) is 0 Å². The van der Waals surface area contributed by atoms with E-state index in [0.29, 0.717) is 24.1 Å². The van der Waals surface area contributed by atoms with Crippen LogP contribution in [0.15, 0.2) is 12.4 Å². The Hall–Kier alpha value is -1.65. The average molecular weight is 276 g/mol. The lowest BCUT2D eigenvalue weighted by Crippen LogP contribution is -2.35. The van der Waals surface area contributed by atoms with E-state index < -0.39 is 0 Å². The fourth-order valence-electron chi connectivity index (χ4n) is 2.39. The van der Waals surface area contributed by atoms with Crippen LogP contribution in [0.4, 0.5) is 5.82 Å². The molecule has 1 aliphatic rings. The second-order valence-electron chi connectivity index (χ2n) is 6.06. The quantitative estimate of drug-likeness (QED) is 0.915. The monoisotopic (exact) mass is 276 g/mol. The van der Waals surface area contributed by atoms with Gasteiger partial charge >= 0.3 is 0 Å². The molecule has 1 aliphatic heterocycles. The Morgan fingerprint density at radius 3 is 2.85 bits per heavy atom. The van der Waals surface area contributed by atoms with Crippen molar-refractivity contribution in [1.82, 2.24) is 15.3 Å². The molecule has 0 saturated carbocycles. The maximum absolute atomic E-state index is 11.9. The summed E-state index contributed by atoms with van der Waals surface area (Å²) < 4.78 is 0. The molecule has 0 aliphatic carbocycles. The van der Waals surface area contributed by atoms with E-state index in [0.717, 1.165) is 18.9 Å². The molecule has 1 aromatic rings. The molecule has 1 N–H and O–H groups in total. The Morgan fingerprint density at radius 2 is 2.25 bits per heavy atom. The molecule has 1 aromatic heterocycles. The lowest BCUT2D eigenvalue weighted by Gasteiger charge is -2.31. The molecule has 0 bridgehead atoms. The van der Waals surface area contributed by atoms with E-state index in [2.05, 4.69) is 41.0 Å². The molecule has 110 valence electrons. The topological polar surface area (TPSA) is 58.1 Å². The molecule has 0 spiro atoms. The first-order chi connectivity index (χ1) is 9.56. The highest BCUT2D eigenvalue weighted by atomic mass is 16.1. The zero-order valence-corrected chi connectivity index (χ0v) is 12.6. The first-order valence-corrected chi connectivity index (χ1v) is 7.41. The lowest BCUT2D eigenvalue weighted by molar-refractivity contribution is 0.0943. The molecule has 1 saturated heterocycles. The summed E-state index contributed by atoms with van der Waals surface area (Å²) in [5.74, 6) is 1.85. The third kappa shape index (κ3) is 3.92. The Kier molecular flexibility index (Phi) is 4.93. The molecule has 5 nitrogen and oxygen atoms in total. The Bertz CT molecular complexity index is 444. The first-order valence-electron chi connectivity index (χ1n) is 7.41. The maximum Gasteiger partial charge on any atom is 0.271 e. The second kappa shape index (κ2) is 6.68. The average Bonchev–Trinajstić information content (AvgIpc) is 2.45. The summed E-state index contributed by atoms with van der Waals surface area (Å²) in [6, 6.07) is 0. The van der Waals surface area contributed by atoms with Gasteiger partial charge in [-0.1, -0.05) is 20.8 Å². The fourth-order valence-corrected chi connectivity index (χ4v) is 2.39. The summed E-state index contributed by atoms with van der Waals surface area (Å²) >= 11 is 0. The van der Waals surface area contributed by atoms with Gasteiger partial charge in [-0.25, -0.2) is 9.97 Å². The number of carbonyl (C=O) groups is 1. The van der Waals surface area contributed by atoms with Crippen LogP contribution in [-0.2, 0) is 0 Å². The Balaban J connectivity index is 1.97. The van der Waals surface area contributed by atoms with E-state index in [4.69, 9.17) is 0 Å². The number of anilines is 1. The molecule has 1 fully saturated rings. The van der Waals surface area contributed by atoms with Crippen molar-refractivity contribution in [3.8, 4) is 0 Å². The van der Waals surface area contributed by atoms with Gasteiger partial charge in [0.15, 0.2) is 0 Å².